The van der Waals surface area contributed by atoms with Crippen LogP contribution < -0.4 is 10.6 Å². The van der Waals surface area contributed by atoms with Crippen molar-refractivity contribution in [1.82, 2.24) is 15.1 Å². The summed E-state index contributed by atoms with van der Waals surface area (Å²) in [5.74, 6) is -0.537. The van der Waals surface area contributed by atoms with Crippen LogP contribution in [0.1, 0.15) is 26.3 Å². The summed E-state index contributed by atoms with van der Waals surface area (Å²) >= 11 is 0. The number of amides is 2. The standard InChI is InChI=1S/C21H22N4O3/c1-28-14-12-22-21(27)18-5-2-3-6-19(18)24-20(26)17-9-7-16(8-10-17)15-25-13-4-11-23-25/h2-11,13H,12,14-15H2,1H3,(H,22,27)(H,24,26). The Morgan fingerprint density at radius 2 is 1.82 bits per heavy atom. The van der Waals surface area contributed by atoms with E-state index in [1.807, 2.05) is 29.1 Å². The van der Waals surface area contributed by atoms with Crippen molar-refractivity contribution < 1.29 is 14.3 Å². The maximum atomic E-state index is 12.6. The van der Waals surface area contributed by atoms with E-state index in [0.29, 0.717) is 36.5 Å². The summed E-state index contributed by atoms with van der Waals surface area (Å²) in [5.41, 5.74) is 2.42. The lowest BCUT2D eigenvalue weighted by atomic mass is 10.1. The lowest BCUT2D eigenvalue weighted by Crippen LogP contribution is -2.28. The molecule has 2 amide bonds. The molecule has 0 aliphatic rings. The Morgan fingerprint density at radius 3 is 2.54 bits per heavy atom. The van der Waals surface area contributed by atoms with Gasteiger partial charge in [0, 0.05) is 31.6 Å². The van der Waals surface area contributed by atoms with Crippen LogP contribution in [0.4, 0.5) is 5.69 Å². The van der Waals surface area contributed by atoms with E-state index in [1.54, 1.807) is 49.7 Å². The third-order valence-corrected chi connectivity index (χ3v) is 4.13. The summed E-state index contributed by atoms with van der Waals surface area (Å²) in [6.07, 6.45) is 3.61. The molecule has 2 aromatic carbocycles. The highest BCUT2D eigenvalue weighted by Crippen LogP contribution is 2.17. The number of ether oxygens (including phenoxy) is 1. The monoisotopic (exact) mass is 378 g/mol. The average Bonchev–Trinajstić information content (AvgIpc) is 3.22. The number of nitrogens with one attached hydrogen (secondary N) is 2. The number of carbonyl (C=O) groups excluding carboxylic acids is 2. The van der Waals surface area contributed by atoms with Gasteiger partial charge in [0.05, 0.1) is 24.4 Å². The van der Waals surface area contributed by atoms with Crippen molar-refractivity contribution >= 4 is 17.5 Å². The molecule has 7 nitrogen and oxygen atoms in total. The molecule has 0 saturated carbocycles. The number of hydrogen-bond donors (Lipinski definition) is 2. The van der Waals surface area contributed by atoms with Gasteiger partial charge in [0.2, 0.25) is 0 Å². The molecule has 144 valence electrons. The van der Waals surface area contributed by atoms with Crippen LogP contribution in [0.2, 0.25) is 0 Å². The fraction of sp³-hybridized carbons (Fsp3) is 0.190. The second-order valence-electron chi connectivity index (χ2n) is 6.15. The molecule has 0 saturated heterocycles. The van der Waals surface area contributed by atoms with Crippen LogP contribution in [0.15, 0.2) is 67.0 Å². The molecule has 0 bridgehead atoms. The van der Waals surface area contributed by atoms with E-state index < -0.39 is 0 Å². The van der Waals surface area contributed by atoms with Crippen molar-refractivity contribution in [2.45, 2.75) is 6.54 Å². The number of methoxy groups -OCH3 is 1. The van der Waals surface area contributed by atoms with E-state index in [-0.39, 0.29) is 11.8 Å². The van der Waals surface area contributed by atoms with Gasteiger partial charge in [0.25, 0.3) is 11.8 Å². The van der Waals surface area contributed by atoms with E-state index in [2.05, 4.69) is 15.7 Å². The summed E-state index contributed by atoms with van der Waals surface area (Å²) in [6.45, 7) is 1.46. The molecule has 1 heterocycles. The minimum atomic E-state index is -0.275. The van der Waals surface area contributed by atoms with Crippen molar-refractivity contribution in [2.75, 3.05) is 25.6 Å². The highest BCUT2D eigenvalue weighted by molar-refractivity contribution is 6.09. The van der Waals surface area contributed by atoms with Gasteiger partial charge in [0.1, 0.15) is 0 Å². The molecule has 0 spiro atoms. The number of carbonyl (C=O) groups is 2. The van der Waals surface area contributed by atoms with Crippen LogP contribution in [-0.2, 0) is 11.3 Å². The molecular weight excluding hydrogens is 356 g/mol. The Hall–Kier alpha value is -3.45. The van der Waals surface area contributed by atoms with Crippen LogP contribution in [0.5, 0.6) is 0 Å². The van der Waals surface area contributed by atoms with Gasteiger partial charge < -0.3 is 15.4 Å². The van der Waals surface area contributed by atoms with Gasteiger partial charge in [-0.25, -0.2) is 0 Å². The van der Waals surface area contributed by atoms with Crippen molar-refractivity contribution in [1.29, 1.82) is 0 Å². The van der Waals surface area contributed by atoms with Gasteiger partial charge in [-0.3, -0.25) is 14.3 Å². The largest absolute Gasteiger partial charge is 0.383 e. The second kappa shape index (κ2) is 9.48. The molecule has 0 atom stereocenters. The fourth-order valence-corrected chi connectivity index (χ4v) is 2.69. The topological polar surface area (TPSA) is 85.3 Å². The Balaban J connectivity index is 1.66. The maximum absolute atomic E-state index is 12.6. The highest BCUT2D eigenvalue weighted by atomic mass is 16.5. The Kier molecular flexibility index (Phi) is 6.54. The zero-order valence-corrected chi connectivity index (χ0v) is 15.6. The number of nitrogens with zero attached hydrogens (tertiary/aromatic N) is 2. The smallest absolute Gasteiger partial charge is 0.255 e. The van der Waals surface area contributed by atoms with Crippen molar-refractivity contribution in [3.63, 3.8) is 0 Å². The van der Waals surface area contributed by atoms with Gasteiger partial charge in [-0.15, -0.1) is 0 Å². The van der Waals surface area contributed by atoms with Crippen molar-refractivity contribution in [3.05, 3.63) is 83.7 Å². The predicted octanol–water partition coefficient (Wildman–Crippen LogP) is 2.56. The predicted molar refractivity (Wildman–Crippen MR) is 106 cm³/mol. The second-order valence-corrected chi connectivity index (χ2v) is 6.15. The lowest BCUT2D eigenvalue weighted by Gasteiger charge is -2.11. The van der Waals surface area contributed by atoms with Gasteiger partial charge in [-0.1, -0.05) is 24.3 Å². The Morgan fingerprint density at radius 1 is 1.04 bits per heavy atom. The molecule has 28 heavy (non-hydrogen) atoms. The van der Waals surface area contributed by atoms with Crippen molar-refractivity contribution in [2.24, 2.45) is 0 Å². The number of hydrogen-bond acceptors (Lipinski definition) is 4. The average molecular weight is 378 g/mol. The number of aromatic nitrogens is 2. The Labute approximate surface area is 163 Å². The minimum Gasteiger partial charge on any atom is -0.383 e. The van der Waals surface area contributed by atoms with Gasteiger partial charge in [-0.05, 0) is 35.9 Å². The van der Waals surface area contributed by atoms with Crippen LogP contribution in [0.3, 0.4) is 0 Å². The van der Waals surface area contributed by atoms with E-state index >= 15 is 0 Å². The van der Waals surface area contributed by atoms with E-state index in [1.165, 1.54) is 0 Å². The molecular formula is C21H22N4O3. The third-order valence-electron chi connectivity index (χ3n) is 4.13. The fourth-order valence-electron chi connectivity index (χ4n) is 2.69. The van der Waals surface area contributed by atoms with Gasteiger partial charge in [0.15, 0.2) is 0 Å². The molecule has 0 aliphatic carbocycles. The molecule has 2 N–H and O–H groups in total. The first-order valence-electron chi connectivity index (χ1n) is 8.91. The zero-order chi connectivity index (χ0) is 19.8. The van der Waals surface area contributed by atoms with E-state index in [4.69, 9.17) is 4.74 Å². The normalized spacial score (nSPS) is 10.5. The minimum absolute atomic E-state index is 0.262. The lowest BCUT2D eigenvalue weighted by molar-refractivity contribution is 0.0938. The van der Waals surface area contributed by atoms with Gasteiger partial charge in [-0.2, -0.15) is 5.10 Å². The Bertz CT molecular complexity index is 921. The van der Waals surface area contributed by atoms with Gasteiger partial charge >= 0.3 is 0 Å². The molecule has 0 radical (unpaired) electrons. The number of benzene rings is 2. The molecule has 0 aliphatic heterocycles. The third kappa shape index (κ3) is 5.05. The zero-order valence-electron chi connectivity index (χ0n) is 15.6. The SMILES string of the molecule is COCCNC(=O)c1ccccc1NC(=O)c1ccc(Cn2cccn2)cc1. The van der Waals surface area contributed by atoms with E-state index in [0.717, 1.165) is 5.56 Å². The highest BCUT2D eigenvalue weighted by Gasteiger charge is 2.13. The van der Waals surface area contributed by atoms with Crippen LogP contribution in [0.25, 0.3) is 0 Å². The quantitative estimate of drug-likeness (QED) is 0.590. The summed E-state index contributed by atoms with van der Waals surface area (Å²) in [4.78, 5) is 24.9. The summed E-state index contributed by atoms with van der Waals surface area (Å²) in [6, 6.07) is 16.1. The van der Waals surface area contributed by atoms with Crippen LogP contribution >= 0.6 is 0 Å². The summed E-state index contributed by atoms with van der Waals surface area (Å²) in [7, 11) is 1.57. The molecule has 1 aromatic heterocycles. The molecule has 7 heteroatoms. The summed E-state index contributed by atoms with van der Waals surface area (Å²) < 4.78 is 6.75. The molecule has 0 unspecified atom stereocenters. The van der Waals surface area contributed by atoms with Crippen LogP contribution in [0, 0.1) is 0 Å². The van der Waals surface area contributed by atoms with E-state index in [9.17, 15) is 9.59 Å². The first-order chi connectivity index (χ1) is 13.7. The maximum Gasteiger partial charge on any atom is 0.255 e. The number of para-hydroxylation sites is 1. The number of anilines is 1. The van der Waals surface area contributed by atoms with Crippen molar-refractivity contribution in [3.8, 4) is 0 Å². The molecule has 3 rings (SSSR count). The van der Waals surface area contributed by atoms with Crippen LogP contribution in [-0.4, -0.2) is 41.9 Å². The molecule has 0 fully saturated rings. The summed E-state index contributed by atoms with van der Waals surface area (Å²) in [5, 5.41) is 9.74. The molecule has 3 aromatic rings. The first-order valence-corrected chi connectivity index (χ1v) is 8.91. The number of rotatable bonds is 8. The first kappa shape index (κ1) is 19.3.